The molecule has 0 saturated heterocycles. The highest BCUT2D eigenvalue weighted by molar-refractivity contribution is 5.77. The first-order valence-electron chi connectivity index (χ1n) is 2.94. The number of halogens is 3. The number of carbonyl (C=O) groups is 1. The molecule has 0 bridgehead atoms. The van der Waals surface area contributed by atoms with Crippen LogP contribution in [0.3, 0.4) is 0 Å². The molecule has 0 spiro atoms. The third-order valence-corrected chi connectivity index (χ3v) is 0.890. The molecule has 0 fully saturated rings. The van der Waals surface area contributed by atoms with Crippen molar-refractivity contribution in [3.8, 4) is 0 Å². The summed E-state index contributed by atoms with van der Waals surface area (Å²) in [6.45, 7) is -1.45. The van der Waals surface area contributed by atoms with Crippen molar-refractivity contribution >= 4 is 5.91 Å². The first kappa shape index (κ1) is 10.2. The van der Waals surface area contributed by atoms with Gasteiger partial charge in [0.2, 0.25) is 5.91 Å². The summed E-state index contributed by atoms with van der Waals surface area (Å²) in [4.78, 5) is 10.4. The van der Waals surface area contributed by atoms with Crippen LogP contribution in [0.15, 0.2) is 0 Å². The second-order valence-corrected chi connectivity index (χ2v) is 1.89. The second-order valence-electron chi connectivity index (χ2n) is 1.89. The number of hydrogen-bond acceptors (Lipinski definition) is 2. The van der Waals surface area contributed by atoms with Gasteiger partial charge in [0.1, 0.15) is 0 Å². The molecule has 6 heteroatoms. The van der Waals surface area contributed by atoms with Gasteiger partial charge < -0.3 is 10.6 Å². The Bertz CT molecular complexity index is 134. The van der Waals surface area contributed by atoms with E-state index in [1.165, 1.54) is 7.05 Å². The minimum atomic E-state index is -4.26. The average molecular weight is 170 g/mol. The number of rotatable bonds is 3. The lowest BCUT2D eigenvalue weighted by Crippen LogP contribution is -2.36. The Labute approximate surface area is 62.0 Å². The summed E-state index contributed by atoms with van der Waals surface area (Å²) in [7, 11) is 1.36. The number of amides is 1. The zero-order valence-electron chi connectivity index (χ0n) is 5.96. The van der Waals surface area contributed by atoms with E-state index in [0.717, 1.165) is 0 Å². The monoisotopic (exact) mass is 170 g/mol. The lowest BCUT2D eigenvalue weighted by Gasteiger charge is -2.06. The molecule has 3 nitrogen and oxygen atoms in total. The molecule has 0 aromatic carbocycles. The Morgan fingerprint density at radius 1 is 1.45 bits per heavy atom. The van der Waals surface area contributed by atoms with Crippen molar-refractivity contribution in [2.24, 2.45) is 0 Å². The summed E-state index contributed by atoms with van der Waals surface area (Å²) in [5.41, 5.74) is 0. The molecule has 2 N–H and O–H groups in total. The molecule has 1 amide bonds. The minimum absolute atomic E-state index is 0.310. The Hall–Kier alpha value is -0.780. The third kappa shape index (κ3) is 7.11. The topological polar surface area (TPSA) is 41.1 Å². The van der Waals surface area contributed by atoms with Gasteiger partial charge in [-0.15, -0.1) is 0 Å². The van der Waals surface area contributed by atoms with Crippen LogP contribution in [-0.2, 0) is 4.79 Å². The highest BCUT2D eigenvalue weighted by Gasteiger charge is 2.26. The molecule has 11 heavy (non-hydrogen) atoms. The highest BCUT2D eigenvalue weighted by Crippen LogP contribution is 2.11. The molecular formula is C5H9F3N2O. The molecular weight excluding hydrogens is 161 g/mol. The van der Waals surface area contributed by atoms with Gasteiger partial charge in [-0.2, -0.15) is 13.2 Å². The number of nitrogens with one attached hydrogen (secondary N) is 2. The zero-order valence-corrected chi connectivity index (χ0v) is 5.96. The first-order chi connectivity index (χ1) is 4.95. The highest BCUT2D eigenvalue weighted by atomic mass is 19.4. The van der Waals surface area contributed by atoms with Crippen molar-refractivity contribution in [3.63, 3.8) is 0 Å². The van der Waals surface area contributed by atoms with Crippen LogP contribution in [0.2, 0.25) is 0 Å². The van der Waals surface area contributed by atoms with Crippen LogP contribution >= 0.6 is 0 Å². The van der Waals surface area contributed by atoms with E-state index in [-0.39, 0.29) is 6.54 Å². The number of hydrogen-bond donors (Lipinski definition) is 2. The zero-order chi connectivity index (χ0) is 8.91. The van der Waals surface area contributed by atoms with Crippen molar-refractivity contribution in [3.05, 3.63) is 0 Å². The minimum Gasteiger partial charge on any atom is -0.358 e. The molecule has 0 aromatic rings. The summed E-state index contributed by atoms with van der Waals surface area (Å²) in [5.74, 6) is -0.464. The smallest absolute Gasteiger partial charge is 0.358 e. The normalized spacial score (nSPS) is 11.3. The van der Waals surface area contributed by atoms with Gasteiger partial charge in [-0.25, -0.2) is 0 Å². The van der Waals surface area contributed by atoms with E-state index in [0.29, 0.717) is 0 Å². The van der Waals surface area contributed by atoms with Gasteiger partial charge >= 0.3 is 6.18 Å². The fraction of sp³-hybridized carbons (Fsp3) is 0.800. The standard InChI is InChI=1S/C5H9F3N2O/c1-9-4(11)2-10-3-5(6,7)8/h10H,2-3H2,1H3,(H,9,11). The number of carbonyl (C=O) groups excluding carboxylic acids is 1. The van der Waals surface area contributed by atoms with E-state index >= 15 is 0 Å². The van der Waals surface area contributed by atoms with Gasteiger partial charge in [0.15, 0.2) is 0 Å². The Morgan fingerprint density at radius 3 is 2.36 bits per heavy atom. The van der Waals surface area contributed by atoms with Crippen molar-refractivity contribution < 1.29 is 18.0 Å². The van der Waals surface area contributed by atoms with E-state index in [1.807, 2.05) is 5.32 Å². The Balaban J connectivity index is 3.35. The van der Waals surface area contributed by atoms with E-state index in [2.05, 4.69) is 5.32 Å². The number of alkyl halides is 3. The van der Waals surface area contributed by atoms with Crippen molar-refractivity contribution in [2.45, 2.75) is 6.18 Å². The van der Waals surface area contributed by atoms with Crippen molar-refractivity contribution in [1.82, 2.24) is 10.6 Å². The Kier molecular flexibility index (Phi) is 3.88. The average Bonchev–Trinajstić information content (AvgIpc) is 1.85. The van der Waals surface area contributed by atoms with Crippen LogP contribution in [0.5, 0.6) is 0 Å². The molecule has 0 aliphatic heterocycles. The molecule has 0 radical (unpaired) electrons. The van der Waals surface area contributed by atoms with Gasteiger partial charge in [-0.1, -0.05) is 0 Å². The lowest BCUT2D eigenvalue weighted by molar-refractivity contribution is -0.128. The van der Waals surface area contributed by atoms with Gasteiger partial charge in [-0.05, 0) is 0 Å². The first-order valence-corrected chi connectivity index (χ1v) is 2.94. The maximum absolute atomic E-state index is 11.4. The second kappa shape index (κ2) is 4.17. The summed E-state index contributed by atoms with van der Waals surface area (Å²) in [5, 5.41) is 4.12. The van der Waals surface area contributed by atoms with Crippen LogP contribution in [0.1, 0.15) is 0 Å². The van der Waals surface area contributed by atoms with E-state index < -0.39 is 18.6 Å². The summed E-state index contributed by atoms with van der Waals surface area (Å²) >= 11 is 0. The summed E-state index contributed by atoms with van der Waals surface area (Å²) in [6.07, 6.45) is -4.26. The van der Waals surface area contributed by atoms with Gasteiger partial charge in [0, 0.05) is 7.05 Å². The van der Waals surface area contributed by atoms with Crippen LogP contribution in [0.25, 0.3) is 0 Å². The maximum atomic E-state index is 11.4. The number of likely N-dealkylation sites (N-methyl/N-ethyl adjacent to an activating group) is 1. The largest absolute Gasteiger partial charge is 0.401 e. The maximum Gasteiger partial charge on any atom is 0.401 e. The molecule has 0 aromatic heterocycles. The molecule has 66 valence electrons. The van der Waals surface area contributed by atoms with Crippen molar-refractivity contribution in [1.29, 1.82) is 0 Å². The SMILES string of the molecule is CNC(=O)CNCC(F)(F)F. The fourth-order valence-corrected chi connectivity index (χ4v) is 0.406. The predicted molar refractivity (Wildman–Crippen MR) is 33.0 cm³/mol. The third-order valence-electron chi connectivity index (χ3n) is 0.890. The molecule has 0 heterocycles. The van der Waals surface area contributed by atoms with E-state index in [9.17, 15) is 18.0 Å². The molecule has 0 aliphatic rings. The van der Waals surface area contributed by atoms with Gasteiger partial charge in [-0.3, -0.25) is 4.79 Å². The van der Waals surface area contributed by atoms with Crippen LogP contribution < -0.4 is 10.6 Å². The lowest BCUT2D eigenvalue weighted by atomic mass is 10.5. The molecule has 0 saturated carbocycles. The van der Waals surface area contributed by atoms with E-state index in [1.54, 1.807) is 0 Å². The predicted octanol–water partition coefficient (Wildman–Crippen LogP) is -0.116. The molecule has 0 unspecified atom stereocenters. The van der Waals surface area contributed by atoms with Crippen LogP contribution in [-0.4, -0.2) is 32.2 Å². The van der Waals surface area contributed by atoms with Gasteiger partial charge in [0.05, 0.1) is 13.1 Å². The van der Waals surface area contributed by atoms with Crippen molar-refractivity contribution in [2.75, 3.05) is 20.1 Å². The molecule has 0 rings (SSSR count). The summed E-state index contributed by atoms with van der Waals surface area (Å²) < 4.78 is 34.2. The molecule has 0 aliphatic carbocycles. The van der Waals surface area contributed by atoms with Crippen LogP contribution in [0.4, 0.5) is 13.2 Å². The van der Waals surface area contributed by atoms with E-state index in [4.69, 9.17) is 0 Å². The van der Waals surface area contributed by atoms with Gasteiger partial charge in [0.25, 0.3) is 0 Å². The summed E-state index contributed by atoms with van der Waals surface area (Å²) in [6, 6.07) is 0. The Morgan fingerprint density at radius 2 is 2.00 bits per heavy atom. The molecule has 0 atom stereocenters. The quantitative estimate of drug-likeness (QED) is 0.620. The fourth-order valence-electron chi connectivity index (χ4n) is 0.406. The van der Waals surface area contributed by atoms with Crippen LogP contribution in [0, 0.1) is 0 Å².